The first-order valence-electron chi connectivity index (χ1n) is 10.4. The fraction of sp³-hybridized carbons (Fsp3) is 0.154. The molecule has 158 valence electrons. The van der Waals surface area contributed by atoms with Crippen LogP contribution < -0.4 is 5.56 Å². The summed E-state index contributed by atoms with van der Waals surface area (Å²) >= 11 is 0. The minimum Gasteiger partial charge on any atom is -0.295 e. The molecule has 1 heterocycles. The minimum atomic E-state index is -0.683. The van der Waals surface area contributed by atoms with Crippen LogP contribution in [0.3, 0.4) is 0 Å². The molecular weight excluding hydrogens is 402 g/mol. The molecule has 0 fully saturated rings. The second-order valence-corrected chi connectivity index (χ2v) is 8.14. The molecule has 6 heteroatoms. The number of benzene rings is 2. The number of allylic oxidation sites excluding steroid dienone is 4. The van der Waals surface area contributed by atoms with Crippen molar-refractivity contribution in [1.29, 1.82) is 0 Å². The second kappa shape index (κ2) is 7.57. The zero-order valence-corrected chi connectivity index (χ0v) is 17.7. The average molecular weight is 423 g/mol. The molecule has 0 unspecified atom stereocenters. The number of carbonyl (C=O) groups is 2. The van der Waals surface area contributed by atoms with Gasteiger partial charge in [-0.05, 0) is 32.1 Å². The molecule has 0 spiro atoms. The molecule has 0 bridgehead atoms. The van der Waals surface area contributed by atoms with Crippen molar-refractivity contribution in [3.05, 3.63) is 111 Å². The average Bonchev–Trinajstić information content (AvgIpc) is 3.09. The van der Waals surface area contributed by atoms with Crippen LogP contribution in [0.15, 0.2) is 82.2 Å². The van der Waals surface area contributed by atoms with E-state index in [1.165, 1.54) is 10.9 Å². The van der Waals surface area contributed by atoms with Crippen molar-refractivity contribution in [2.24, 2.45) is 16.8 Å². The summed E-state index contributed by atoms with van der Waals surface area (Å²) in [6, 6.07) is 14.5. The van der Waals surface area contributed by atoms with Gasteiger partial charge in [-0.3, -0.25) is 24.5 Å². The predicted octanol–water partition coefficient (Wildman–Crippen LogP) is 3.97. The standard InChI is InChI=1S/C26H21N3O3/c1-15-10-12-17(13-11-15)29-26(32)21(16(2)28-29)14-27-22-9-5-8-20-23(22)25(31)19-7-4-3-6-18(19)24(20)30/h3-14,20,23,28H,1-2H3/t20-,23+/m1/s1. The number of hydrogen-bond acceptors (Lipinski definition) is 4. The van der Waals surface area contributed by atoms with Gasteiger partial charge < -0.3 is 0 Å². The number of H-pyrrole nitrogens is 1. The number of aromatic amines is 1. The summed E-state index contributed by atoms with van der Waals surface area (Å²) in [6.07, 6.45) is 6.73. The largest absolute Gasteiger partial charge is 0.295 e. The molecule has 5 rings (SSSR count). The zero-order valence-electron chi connectivity index (χ0n) is 17.7. The molecule has 0 saturated carbocycles. The third kappa shape index (κ3) is 3.12. The van der Waals surface area contributed by atoms with Crippen molar-refractivity contribution < 1.29 is 9.59 Å². The van der Waals surface area contributed by atoms with E-state index >= 15 is 0 Å². The van der Waals surface area contributed by atoms with Crippen molar-refractivity contribution in [2.45, 2.75) is 13.8 Å². The Balaban J connectivity index is 1.51. The molecule has 2 aliphatic carbocycles. The smallest absolute Gasteiger partial charge is 0.280 e. The predicted molar refractivity (Wildman–Crippen MR) is 123 cm³/mol. The number of fused-ring (bicyclic) bond motifs is 2. The summed E-state index contributed by atoms with van der Waals surface area (Å²) in [5.41, 5.74) is 4.04. The number of nitrogens with zero attached hydrogens (tertiary/aromatic N) is 2. The van der Waals surface area contributed by atoms with Crippen molar-refractivity contribution in [3.8, 4) is 5.69 Å². The van der Waals surface area contributed by atoms with Crippen LogP contribution in [0.4, 0.5) is 0 Å². The third-order valence-corrected chi connectivity index (χ3v) is 6.06. The van der Waals surface area contributed by atoms with Gasteiger partial charge in [0.25, 0.3) is 5.56 Å². The van der Waals surface area contributed by atoms with Crippen LogP contribution in [-0.4, -0.2) is 27.6 Å². The first-order chi connectivity index (χ1) is 15.5. The lowest BCUT2D eigenvalue weighted by Gasteiger charge is -2.30. The molecule has 1 N–H and O–H groups in total. The van der Waals surface area contributed by atoms with Gasteiger partial charge in [-0.25, -0.2) is 4.68 Å². The number of carbonyl (C=O) groups excluding carboxylic acids is 2. The van der Waals surface area contributed by atoms with Crippen LogP contribution in [0.2, 0.25) is 0 Å². The summed E-state index contributed by atoms with van der Waals surface area (Å²) in [6.45, 7) is 3.79. The van der Waals surface area contributed by atoms with Crippen molar-refractivity contribution in [1.82, 2.24) is 9.78 Å². The Morgan fingerprint density at radius 2 is 1.62 bits per heavy atom. The maximum absolute atomic E-state index is 13.2. The number of aliphatic imine (C=N–C) groups is 1. The quantitative estimate of drug-likeness (QED) is 0.647. The van der Waals surface area contributed by atoms with Crippen LogP contribution >= 0.6 is 0 Å². The van der Waals surface area contributed by atoms with Crippen molar-refractivity contribution in [2.75, 3.05) is 0 Å². The molecule has 2 aliphatic rings. The highest BCUT2D eigenvalue weighted by atomic mass is 16.1. The van der Waals surface area contributed by atoms with Gasteiger partial charge in [-0.2, -0.15) is 0 Å². The van der Waals surface area contributed by atoms with E-state index in [2.05, 4.69) is 10.1 Å². The lowest BCUT2D eigenvalue weighted by molar-refractivity contribution is 0.0793. The number of Topliss-reactive ketones (excluding diaryl/α,β-unsaturated/α-hetero) is 2. The maximum Gasteiger partial charge on any atom is 0.280 e. The molecule has 2 atom stereocenters. The molecule has 0 aliphatic heterocycles. The molecule has 3 aromatic rings. The monoisotopic (exact) mass is 423 g/mol. The number of rotatable bonds is 3. The van der Waals surface area contributed by atoms with E-state index in [0.717, 1.165) is 11.3 Å². The Morgan fingerprint density at radius 3 is 2.34 bits per heavy atom. The van der Waals surface area contributed by atoms with Crippen molar-refractivity contribution in [3.63, 3.8) is 0 Å². The molecule has 0 amide bonds. The van der Waals surface area contributed by atoms with Crippen LogP contribution in [-0.2, 0) is 0 Å². The van der Waals surface area contributed by atoms with E-state index in [1.54, 1.807) is 49.4 Å². The highest BCUT2D eigenvalue weighted by Gasteiger charge is 2.42. The molecule has 1 aromatic heterocycles. The zero-order chi connectivity index (χ0) is 22.4. The fourth-order valence-electron chi connectivity index (χ4n) is 4.32. The van der Waals surface area contributed by atoms with Gasteiger partial charge in [0.2, 0.25) is 0 Å². The summed E-state index contributed by atoms with van der Waals surface area (Å²) in [5, 5.41) is 3.08. The molecule has 2 aromatic carbocycles. The number of aromatic nitrogens is 2. The topological polar surface area (TPSA) is 84.3 Å². The van der Waals surface area contributed by atoms with E-state index in [1.807, 2.05) is 31.2 Å². The number of ketones is 2. The van der Waals surface area contributed by atoms with Crippen molar-refractivity contribution >= 4 is 17.8 Å². The Hall–Kier alpha value is -4.06. The molecule has 32 heavy (non-hydrogen) atoms. The Morgan fingerprint density at radius 1 is 0.938 bits per heavy atom. The maximum atomic E-state index is 13.2. The molecular formula is C26H21N3O3. The molecule has 0 saturated heterocycles. The second-order valence-electron chi connectivity index (χ2n) is 8.14. The molecule has 6 nitrogen and oxygen atoms in total. The summed E-state index contributed by atoms with van der Waals surface area (Å²) in [7, 11) is 0. The van der Waals surface area contributed by atoms with Gasteiger partial charge in [0.1, 0.15) is 0 Å². The van der Waals surface area contributed by atoms with Gasteiger partial charge in [0.15, 0.2) is 11.6 Å². The van der Waals surface area contributed by atoms with Crippen LogP contribution in [0.5, 0.6) is 0 Å². The molecule has 0 radical (unpaired) electrons. The van der Waals surface area contributed by atoms with Gasteiger partial charge in [-0.15, -0.1) is 0 Å². The Bertz CT molecular complexity index is 1400. The Kier molecular flexibility index (Phi) is 4.70. The summed E-state index contributed by atoms with van der Waals surface area (Å²) < 4.78 is 1.47. The number of aryl methyl sites for hydroxylation is 2. The van der Waals surface area contributed by atoms with Gasteiger partial charge in [0, 0.05) is 23.0 Å². The Labute approximate surface area is 184 Å². The third-order valence-electron chi connectivity index (χ3n) is 6.06. The van der Waals surface area contributed by atoms with Gasteiger partial charge in [0.05, 0.1) is 28.8 Å². The van der Waals surface area contributed by atoms with E-state index in [0.29, 0.717) is 28.1 Å². The summed E-state index contributed by atoms with van der Waals surface area (Å²) in [5.74, 6) is -1.47. The van der Waals surface area contributed by atoms with Crippen LogP contribution in [0.25, 0.3) is 5.69 Å². The number of nitrogens with one attached hydrogen (secondary N) is 1. The van der Waals surface area contributed by atoms with E-state index in [-0.39, 0.29) is 17.1 Å². The van der Waals surface area contributed by atoms with Gasteiger partial charge >= 0.3 is 0 Å². The SMILES string of the molecule is Cc1ccc(-n2[nH]c(C)c(C=NC3=CC=C[C@H]4C(=O)c5ccccc5C(=O)[C@H]34)c2=O)cc1. The normalized spacial score (nSPS) is 19.8. The van der Waals surface area contributed by atoms with E-state index < -0.39 is 11.8 Å². The van der Waals surface area contributed by atoms with E-state index in [9.17, 15) is 14.4 Å². The lowest BCUT2D eigenvalue weighted by atomic mass is 9.71. The fourth-order valence-corrected chi connectivity index (χ4v) is 4.32. The highest BCUT2D eigenvalue weighted by Crippen LogP contribution is 2.38. The first kappa shape index (κ1) is 19.9. The highest BCUT2D eigenvalue weighted by molar-refractivity contribution is 6.17. The lowest BCUT2D eigenvalue weighted by Crippen LogP contribution is -2.37. The first-order valence-corrected chi connectivity index (χ1v) is 10.4. The number of hydrogen-bond donors (Lipinski definition) is 1. The van der Waals surface area contributed by atoms with E-state index in [4.69, 9.17) is 0 Å². The van der Waals surface area contributed by atoms with Crippen LogP contribution in [0, 0.1) is 25.7 Å². The van der Waals surface area contributed by atoms with Crippen LogP contribution in [0.1, 0.15) is 37.5 Å². The minimum absolute atomic E-state index is 0.0817. The summed E-state index contributed by atoms with van der Waals surface area (Å²) in [4.78, 5) is 43.7. The van der Waals surface area contributed by atoms with Gasteiger partial charge in [-0.1, -0.05) is 54.1 Å².